The highest BCUT2D eigenvalue weighted by Gasteiger charge is 2.63. The SMILES string of the molecule is CCC1(C(F)(F)SI)CCN(S(=O)c2ccc(C)cc2)C1=O. The van der Waals surface area contributed by atoms with E-state index in [1.165, 1.54) is 21.2 Å². The Hall–Kier alpha value is -0.220. The molecule has 22 heavy (non-hydrogen) atoms. The van der Waals surface area contributed by atoms with E-state index in [-0.39, 0.29) is 19.4 Å². The summed E-state index contributed by atoms with van der Waals surface area (Å²) in [4.78, 5) is 13.0. The topological polar surface area (TPSA) is 37.4 Å². The first-order valence-corrected chi connectivity index (χ1v) is 11.2. The number of hydrogen-bond acceptors (Lipinski definition) is 3. The molecule has 2 rings (SSSR count). The van der Waals surface area contributed by atoms with Gasteiger partial charge in [0.2, 0.25) is 5.91 Å². The van der Waals surface area contributed by atoms with Crippen molar-refractivity contribution in [3.05, 3.63) is 29.8 Å². The van der Waals surface area contributed by atoms with Gasteiger partial charge in [-0.15, -0.1) is 0 Å². The molecule has 1 aliphatic heterocycles. The van der Waals surface area contributed by atoms with Gasteiger partial charge in [0.05, 0.1) is 4.90 Å². The molecule has 2 unspecified atom stereocenters. The summed E-state index contributed by atoms with van der Waals surface area (Å²) in [6.07, 6.45) is 0.0410. The second kappa shape index (κ2) is 6.72. The third-order valence-corrected chi connectivity index (χ3v) is 7.73. The second-order valence-corrected chi connectivity index (χ2v) is 8.65. The Kier molecular flexibility index (Phi) is 5.54. The minimum atomic E-state index is -3.17. The molecule has 1 aromatic rings. The third-order valence-electron chi connectivity index (χ3n) is 4.06. The molecule has 0 radical (unpaired) electrons. The summed E-state index contributed by atoms with van der Waals surface area (Å²) in [5.41, 5.74) is -0.761. The molecule has 1 aromatic carbocycles. The lowest BCUT2D eigenvalue weighted by atomic mass is 9.83. The van der Waals surface area contributed by atoms with Crippen LogP contribution in [0.5, 0.6) is 0 Å². The Labute approximate surface area is 147 Å². The molecule has 0 spiro atoms. The van der Waals surface area contributed by atoms with Crippen molar-refractivity contribution >= 4 is 47.0 Å². The van der Waals surface area contributed by atoms with E-state index in [1.807, 2.05) is 6.92 Å². The van der Waals surface area contributed by atoms with Crippen molar-refractivity contribution in [1.29, 1.82) is 0 Å². The summed E-state index contributed by atoms with van der Waals surface area (Å²) < 4.78 is 42.2. The molecular weight excluding hydrogens is 443 g/mol. The summed E-state index contributed by atoms with van der Waals surface area (Å²) in [7, 11) is -1.39. The van der Waals surface area contributed by atoms with Crippen LogP contribution in [0.25, 0.3) is 0 Å². The van der Waals surface area contributed by atoms with E-state index < -0.39 is 27.6 Å². The van der Waals surface area contributed by atoms with Gasteiger partial charge in [0.15, 0.2) is 11.0 Å². The highest BCUT2D eigenvalue weighted by atomic mass is 127. The number of rotatable bonds is 5. The van der Waals surface area contributed by atoms with E-state index in [0.717, 1.165) is 9.87 Å². The highest BCUT2D eigenvalue weighted by Crippen LogP contribution is 2.55. The molecule has 1 amide bonds. The van der Waals surface area contributed by atoms with E-state index in [4.69, 9.17) is 0 Å². The van der Waals surface area contributed by atoms with Gasteiger partial charge >= 0.3 is 5.25 Å². The van der Waals surface area contributed by atoms with Crippen LogP contribution in [0.15, 0.2) is 29.2 Å². The molecule has 1 saturated heterocycles. The van der Waals surface area contributed by atoms with E-state index in [0.29, 0.717) is 13.8 Å². The normalized spacial score (nSPS) is 23.9. The predicted molar refractivity (Wildman–Crippen MR) is 93.2 cm³/mol. The van der Waals surface area contributed by atoms with Crippen molar-refractivity contribution in [2.75, 3.05) is 6.54 Å². The molecule has 2 atom stereocenters. The Morgan fingerprint density at radius 3 is 2.50 bits per heavy atom. The summed E-state index contributed by atoms with van der Waals surface area (Å²) in [6, 6.07) is 6.90. The summed E-state index contributed by atoms with van der Waals surface area (Å²) in [6.45, 7) is 3.56. The van der Waals surface area contributed by atoms with Gasteiger partial charge in [-0.25, -0.2) is 4.21 Å². The van der Waals surface area contributed by atoms with Gasteiger partial charge in [-0.05, 0) is 40.8 Å². The maximum Gasteiger partial charge on any atom is 0.317 e. The van der Waals surface area contributed by atoms with Crippen molar-refractivity contribution in [1.82, 2.24) is 4.31 Å². The average molecular weight is 459 g/mol. The van der Waals surface area contributed by atoms with E-state index >= 15 is 0 Å². The van der Waals surface area contributed by atoms with Gasteiger partial charge in [-0.3, -0.25) is 9.10 Å². The molecule has 8 heteroatoms. The highest BCUT2D eigenvalue weighted by molar-refractivity contribution is 14.2. The standard InChI is InChI=1S/C14H16F2INO2S2/c1-3-13(14(15,16)21-17)8-9-18(12(13)19)22(20)11-6-4-10(2)5-7-11/h4-7H,3,8-9H2,1-2H3. The van der Waals surface area contributed by atoms with Crippen LogP contribution in [0.3, 0.4) is 0 Å². The smallest absolute Gasteiger partial charge is 0.273 e. The first-order valence-electron chi connectivity index (χ1n) is 6.77. The van der Waals surface area contributed by atoms with Gasteiger partial charge in [-0.2, -0.15) is 8.78 Å². The molecule has 1 heterocycles. The van der Waals surface area contributed by atoms with Gasteiger partial charge in [0.25, 0.3) is 0 Å². The van der Waals surface area contributed by atoms with Crippen LogP contribution in [0.2, 0.25) is 0 Å². The van der Waals surface area contributed by atoms with Gasteiger partial charge < -0.3 is 0 Å². The zero-order valence-corrected chi connectivity index (χ0v) is 15.9. The van der Waals surface area contributed by atoms with E-state index in [2.05, 4.69) is 0 Å². The van der Waals surface area contributed by atoms with Crippen molar-refractivity contribution in [2.45, 2.75) is 36.8 Å². The van der Waals surface area contributed by atoms with Crippen molar-refractivity contribution in [3.63, 3.8) is 0 Å². The minimum Gasteiger partial charge on any atom is -0.273 e. The first kappa shape index (κ1) is 18.1. The number of carbonyl (C=O) groups excluding carboxylic acids is 1. The van der Waals surface area contributed by atoms with Crippen LogP contribution in [0.4, 0.5) is 8.78 Å². The molecule has 0 bridgehead atoms. The fourth-order valence-electron chi connectivity index (χ4n) is 2.56. The number of hydrogen-bond donors (Lipinski definition) is 0. The predicted octanol–water partition coefficient (Wildman–Crippen LogP) is 4.32. The fourth-order valence-corrected chi connectivity index (χ4v) is 5.51. The Balaban J connectivity index is 2.31. The molecule has 122 valence electrons. The summed E-state index contributed by atoms with van der Waals surface area (Å²) >= 11 is 1.52. The summed E-state index contributed by atoms with van der Waals surface area (Å²) in [5.74, 6) is -0.719. The molecule has 0 aromatic heterocycles. The quantitative estimate of drug-likeness (QED) is 0.616. The molecule has 1 fully saturated rings. The molecule has 3 nitrogen and oxygen atoms in total. The Morgan fingerprint density at radius 1 is 1.41 bits per heavy atom. The Morgan fingerprint density at radius 2 is 2.00 bits per heavy atom. The minimum absolute atomic E-state index is 0.0168. The maximum atomic E-state index is 14.3. The molecule has 0 aliphatic carbocycles. The van der Waals surface area contributed by atoms with Crippen molar-refractivity contribution < 1.29 is 17.8 Å². The largest absolute Gasteiger partial charge is 0.317 e. The van der Waals surface area contributed by atoms with Gasteiger partial charge in [0.1, 0.15) is 5.41 Å². The lowest BCUT2D eigenvalue weighted by molar-refractivity contribution is -0.143. The van der Waals surface area contributed by atoms with Crippen LogP contribution in [0, 0.1) is 12.3 Å². The average Bonchev–Trinajstić information content (AvgIpc) is 2.85. The first-order chi connectivity index (χ1) is 10.3. The fraction of sp³-hybridized carbons (Fsp3) is 0.500. The van der Waals surface area contributed by atoms with Crippen LogP contribution >= 0.6 is 30.1 Å². The number of carbonyl (C=O) groups is 1. The number of nitrogens with zero attached hydrogens (tertiary/aromatic N) is 1. The van der Waals surface area contributed by atoms with Crippen molar-refractivity contribution in [3.8, 4) is 0 Å². The molecular formula is C14H16F2INO2S2. The molecule has 0 saturated carbocycles. The van der Waals surface area contributed by atoms with Crippen molar-refractivity contribution in [2.24, 2.45) is 5.41 Å². The van der Waals surface area contributed by atoms with Crippen LogP contribution in [-0.4, -0.2) is 26.2 Å². The number of aryl methyl sites for hydroxylation is 1. The van der Waals surface area contributed by atoms with Gasteiger partial charge in [-0.1, -0.05) is 24.6 Å². The number of amides is 1. The van der Waals surface area contributed by atoms with E-state index in [1.54, 1.807) is 31.2 Å². The Bertz CT molecular complexity index is 597. The van der Waals surface area contributed by atoms with E-state index in [9.17, 15) is 17.8 Å². The summed E-state index contributed by atoms with van der Waals surface area (Å²) in [5, 5.41) is -3.17. The monoisotopic (exact) mass is 459 g/mol. The number of benzene rings is 1. The van der Waals surface area contributed by atoms with Crippen LogP contribution in [0.1, 0.15) is 25.3 Å². The van der Waals surface area contributed by atoms with Crippen LogP contribution in [-0.2, 0) is 15.8 Å². The van der Waals surface area contributed by atoms with Crippen LogP contribution < -0.4 is 0 Å². The zero-order chi connectivity index (χ0) is 16.5. The lowest BCUT2D eigenvalue weighted by Crippen LogP contribution is -2.45. The van der Waals surface area contributed by atoms with Gasteiger partial charge in [0, 0.05) is 27.8 Å². The third kappa shape index (κ3) is 2.93. The number of halogens is 3. The zero-order valence-electron chi connectivity index (χ0n) is 12.1. The molecule has 1 aliphatic rings. The lowest BCUT2D eigenvalue weighted by Gasteiger charge is -2.32. The maximum absolute atomic E-state index is 14.3. The molecule has 0 N–H and O–H groups in total. The number of alkyl halides is 2. The second-order valence-electron chi connectivity index (χ2n) is 5.25.